The van der Waals surface area contributed by atoms with Crippen LogP contribution in [0.25, 0.3) is 5.65 Å². The largest absolute Gasteiger partial charge is 0.321 e. The Morgan fingerprint density at radius 2 is 1.84 bits per heavy atom. The first-order chi connectivity index (χ1) is 20.8. The maximum atomic E-state index is 15.0. The van der Waals surface area contributed by atoms with E-state index in [9.17, 15) is 18.4 Å². The van der Waals surface area contributed by atoms with Gasteiger partial charge in [-0.15, -0.1) is 0 Å². The zero-order valence-corrected chi connectivity index (χ0v) is 24.6. The van der Waals surface area contributed by atoms with Crippen LogP contribution in [0.3, 0.4) is 0 Å². The number of likely N-dealkylation sites (tertiary alicyclic amines) is 1. The molecule has 3 aromatic rings. The summed E-state index contributed by atoms with van der Waals surface area (Å²) in [5, 5.41) is 3.42. The van der Waals surface area contributed by atoms with Crippen molar-refractivity contribution in [2.75, 3.05) is 32.7 Å². The Bertz CT molecular complexity index is 1540. The minimum absolute atomic E-state index is 0.103. The number of pyridine rings is 1. The highest BCUT2D eigenvalue weighted by Crippen LogP contribution is 2.39. The quantitative estimate of drug-likeness (QED) is 0.455. The maximum absolute atomic E-state index is 15.0. The van der Waals surface area contributed by atoms with Gasteiger partial charge >= 0.3 is 6.03 Å². The lowest BCUT2D eigenvalue weighted by molar-refractivity contribution is -0.0270. The molecular weight excluding hydrogens is 557 g/mol. The van der Waals surface area contributed by atoms with Gasteiger partial charge in [-0.1, -0.05) is 26.2 Å². The standard InChI is InChI=1S/C32H39F3N6O2/c1-2-36-25-10-13-40(28(17-25)26-16-23(33)6-8-27(26)35)31(43)38-14-15-39(32(21-38)11-4-3-5-12-32)19-22-18-37-29-9-7-24(34)20-41(29)30(22)42/h6-9,16,18,20,25,28,36H,2-5,10-15,17,19,21H2,1H3/t25?,28-/m0/s1. The van der Waals surface area contributed by atoms with E-state index in [0.29, 0.717) is 50.4 Å². The van der Waals surface area contributed by atoms with E-state index in [-0.39, 0.29) is 28.7 Å². The van der Waals surface area contributed by atoms with Crippen molar-refractivity contribution < 1.29 is 18.0 Å². The summed E-state index contributed by atoms with van der Waals surface area (Å²) in [5.41, 5.74) is 0.474. The summed E-state index contributed by atoms with van der Waals surface area (Å²) in [6.07, 6.45) is 8.91. The van der Waals surface area contributed by atoms with E-state index in [0.717, 1.165) is 63.4 Å². The Kier molecular flexibility index (Phi) is 8.46. The Morgan fingerprint density at radius 3 is 2.63 bits per heavy atom. The third-order valence-corrected chi connectivity index (χ3v) is 9.61. The Hall–Kier alpha value is -3.44. The first-order valence-electron chi connectivity index (χ1n) is 15.4. The number of carbonyl (C=O) groups excluding carboxylic acids is 1. The zero-order chi connectivity index (χ0) is 30.1. The summed E-state index contributed by atoms with van der Waals surface area (Å²) in [7, 11) is 0. The lowest BCUT2D eigenvalue weighted by atomic mass is 9.78. The molecule has 0 radical (unpaired) electrons. The molecule has 1 saturated carbocycles. The highest BCUT2D eigenvalue weighted by Gasteiger charge is 2.46. The molecule has 230 valence electrons. The van der Waals surface area contributed by atoms with Gasteiger partial charge in [0.25, 0.3) is 5.56 Å². The molecule has 43 heavy (non-hydrogen) atoms. The van der Waals surface area contributed by atoms with Crippen LogP contribution in [-0.2, 0) is 6.54 Å². The molecular formula is C32H39F3N6O2. The Morgan fingerprint density at radius 1 is 1.05 bits per heavy atom. The molecule has 2 amide bonds. The van der Waals surface area contributed by atoms with Crippen molar-refractivity contribution in [1.82, 2.24) is 29.4 Å². The third-order valence-electron chi connectivity index (χ3n) is 9.61. The van der Waals surface area contributed by atoms with E-state index in [1.54, 1.807) is 11.1 Å². The van der Waals surface area contributed by atoms with E-state index in [1.165, 1.54) is 22.6 Å². The molecule has 1 aliphatic carbocycles. The summed E-state index contributed by atoms with van der Waals surface area (Å²) in [4.78, 5) is 37.8. The highest BCUT2D eigenvalue weighted by atomic mass is 19.1. The summed E-state index contributed by atoms with van der Waals surface area (Å²) in [6.45, 7) is 5.08. The number of amides is 2. The van der Waals surface area contributed by atoms with Crippen molar-refractivity contribution in [3.05, 3.63) is 81.7 Å². The van der Waals surface area contributed by atoms with Gasteiger partial charge in [0.15, 0.2) is 0 Å². The van der Waals surface area contributed by atoms with Gasteiger partial charge < -0.3 is 15.1 Å². The molecule has 2 saturated heterocycles. The summed E-state index contributed by atoms with van der Waals surface area (Å²) in [6, 6.07) is 5.60. The number of piperidine rings is 1. The van der Waals surface area contributed by atoms with Crippen LogP contribution in [-0.4, -0.2) is 74.4 Å². The molecule has 1 aromatic carbocycles. The van der Waals surface area contributed by atoms with Gasteiger partial charge in [-0.05, 0) is 62.6 Å². The molecule has 3 aliphatic rings. The third kappa shape index (κ3) is 5.89. The number of hydrogen-bond acceptors (Lipinski definition) is 5. The monoisotopic (exact) mass is 596 g/mol. The summed E-state index contributed by atoms with van der Waals surface area (Å²) < 4.78 is 44.5. The Balaban J connectivity index is 1.26. The second-order valence-corrected chi connectivity index (χ2v) is 12.2. The molecule has 4 heterocycles. The number of aromatic nitrogens is 2. The molecule has 8 nitrogen and oxygen atoms in total. The van der Waals surface area contributed by atoms with Gasteiger partial charge in [0, 0.05) is 62.3 Å². The lowest BCUT2D eigenvalue weighted by Crippen LogP contribution is -2.65. The van der Waals surface area contributed by atoms with Crippen LogP contribution >= 0.6 is 0 Å². The average molecular weight is 597 g/mol. The van der Waals surface area contributed by atoms with Crippen LogP contribution < -0.4 is 10.9 Å². The van der Waals surface area contributed by atoms with Gasteiger partial charge in [-0.25, -0.2) is 22.9 Å². The van der Waals surface area contributed by atoms with Crippen molar-refractivity contribution in [3.63, 3.8) is 0 Å². The van der Waals surface area contributed by atoms with E-state index in [4.69, 9.17) is 0 Å². The molecule has 1 unspecified atom stereocenters. The number of nitrogens with one attached hydrogen (secondary N) is 1. The SMILES string of the molecule is CCNC1CCN(C(=O)N2CCN(Cc3cnc4ccc(F)cn4c3=O)C3(CCCCC3)C2)[C@H](c2cc(F)ccc2F)C1. The Labute approximate surface area is 249 Å². The van der Waals surface area contributed by atoms with Crippen LogP contribution in [0.2, 0.25) is 0 Å². The molecule has 2 atom stereocenters. The number of hydrogen-bond donors (Lipinski definition) is 1. The molecule has 6 rings (SSSR count). The first kappa shape index (κ1) is 29.6. The maximum Gasteiger partial charge on any atom is 0.320 e. The predicted octanol–water partition coefficient (Wildman–Crippen LogP) is 4.87. The van der Waals surface area contributed by atoms with Crippen LogP contribution in [0.1, 0.15) is 69.0 Å². The number of piperazine rings is 1. The number of fused-ring (bicyclic) bond motifs is 1. The number of halogens is 3. The number of nitrogens with zero attached hydrogens (tertiary/aromatic N) is 5. The highest BCUT2D eigenvalue weighted by molar-refractivity contribution is 5.75. The topological polar surface area (TPSA) is 73.2 Å². The molecule has 0 bridgehead atoms. The van der Waals surface area contributed by atoms with Crippen molar-refractivity contribution in [2.24, 2.45) is 0 Å². The predicted molar refractivity (Wildman–Crippen MR) is 157 cm³/mol. The van der Waals surface area contributed by atoms with Crippen LogP contribution in [0.15, 0.2) is 47.5 Å². The average Bonchev–Trinajstić information content (AvgIpc) is 3.01. The van der Waals surface area contributed by atoms with Crippen molar-refractivity contribution in [1.29, 1.82) is 0 Å². The number of urea groups is 1. The lowest BCUT2D eigenvalue weighted by Gasteiger charge is -2.54. The molecule has 3 fully saturated rings. The zero-order valence-electron chi connectivity index (χ0n) is 24.6. The van der Waals surface area contributed by atoms with Crippen LogP contribution in [0.4, 0.5) is 18.0 Å². The second-order valence-electron chi connectivity index (χ2n) is 12.2. The summed E-state index contributed by atoms with van der Waals surface area (Å²) >= 11 is 0. The fraction of sp³-hybridized carbons (Fsp3) is 0.531. The van der Waals surface area contributed by atoms with Gasteiger partial charge in [0.2, 0.25) is 0 Å². The summed E-state index contributed by atoms with van der Waals surface area (Å²) in [5.74, 6) is -1.54. The van der Waals surface area contributed by atoms with Crippen LogP contribution in [0, 0.1) is 17.5 Å². The van der Waals surface area contributed by atoms with Gasteiger partial charge in [-0.2, -0.15) is 0 Å². The fourth-order valence-electron chi connectivity index (χ4n) is 7.42. The van der Waals surface area contributed by atoms with Crippen LogP contribution in [0.5, 0.6) is 0 Å². The van der Waals surface area contributed by atoms with Crippen molar-refractivity contribution in [2.45, 2.75) is 76.0 Å². The van der Waals surface area contributed by atoms with Crippen molar-refractivity contribution in [3.8, 4) is 0 Å². The van der Waals surface area contributed by atoms with Gasteiger partial charge in [0.1, 0.15) is 23.1 Å². The van der Waals surface area contributed by atoms with E-state index < -0.39 is 23.5 Å². The molecule has 2 aromatic heterocycles. The first-order valence-corrected chi connectivity index (χ1v) is 15.4. The number of benzene rings is 1. The number of carbonyl (C=O) groups is 1. The second kappa shape index (κ2) is 12.3. The molecule has 1 spiro atoms. The number of rotatable bonds is 5. The smallest absolute Gasteiger partial charge is 0.320 e. The van der Waals surface area contributed by atoms with Crippen molar-refractivity contribution >= 4 is 11.7 Å². The van der Waals surface area contributed by atoms with Gasteiger partial charge in [0.05, 0.1) is 11.6 Å². The van der Waals surface area contributed by atoms with E-state index >= 15 is 4.39 Å². The van der Waals surface area contributed by atoms with Gasteiger partial charge in [-0.3, -0.25) is 14.1 Å². The molecule has 1 N–H and O–H groups in total. The molecule has 2 aliphatic heterocycles. The van der Waals surface area contributed by atoms with E-state index in [2.05, 4.69) is 15.2 Å². The minimum Gasteiger partial charge on any atom is -0.321 e. The fourth-order valence-corrected chi connectivity index (χ4v) is 7.42. The normalized spacial score (nSPS) is 22.8. The van der Waals surface area contributed by atoms with E-state index in [1.807, 2.05) is 11.8 Å². The molecule has 11 heteroatoms. The minimum atomic E-state index is -0.578.